The molecule has 1 N–H and O–H groups in total. The van der Waals surface area contributed by atoms with E-state index in [1.807, 2.05) is 55.5 Å². The predicted molar refractivity (Wildman–Crippen MR) is 115 cm³/mol. The van der Waals surface area contributed by atoms with Crippen LogP contribution in [0.5, 0.6) is 0 Å². The number of hydrogen-bond acceptors (Lipinski definition) is 2. The summed E-state index contributed by atoms with van der Waals surface area (Å²) < 4.78 is 13.6. The zero-order valence-corrected chi connectivity index (χ0v) is 16.5. The SMILES string of the molecule is Cc1ccc2c(c1)C(c1ccc(F)cc1)N(C(=O)C=Cc1ccccc1)CC(=O)N2. The third-order valence-corrected chi connectivity index (χ3v) is 5.09. The van der Waals surface area contributed by atoms with Gasteiger partial charge < -0.3 is 10.2 Å². The molecule has 1 aliphatic rings. The van der Waals surface area contributed by atoms with Crippen LogP contribution in [0.2, 0.25) is 0 Å². The van der Waals surface area contributed by atoms with Gasteiger partial charge in [0.15, 0.2) is 0 Å². The Hall–Kier alpha value is -3.73. The first-order chi connectivity index (χ1) is 14.5. The summed E-state index contributed by atoms with van der Waals surface area (Å²) in [4.78, 5) is 27.3. The standard InChI is InChI=1S/C25H21FN2O2/c1-17-7-13-22-21(15-17)25(19-9-11-20(26)12-10-19)28(16-23(29)27-22)24(30)14-8-18-5-3-2-4-6-18/h2-15,25H,16H2,1H3,(H,27,29). The second-order valence-electron chi connectivity index (χ2n) is 7.30. The molecule has 0 aliphatic carbocycles. The minimum atomic E-state index is -0.521. The van der Waals surface area contributed by atoms with E-state index < -0.39 is 6.04 Å². The summed E-state index contributed by atoms with van der Waals surface area (Å²) in [5.41, 5.74) is 4.08. The molecule has 0 bridgehead atoms. The van der Waals surface area contributed by atoms with Crippen molar-refractivity contribution >= 4 is 23.6 Å². The number of nitrogens with one attached hydrogen (secondary N) is 1. The molecular weight excluding hydrogens is 379 g/mol. The van der Waals surface area contributed by atoms with Gasteiger partial charge in [0.25, 0.3) is 0 Å². The molecule has 5 heteroatoms. The third kappa shape index (κ3) is 4.15. The van der Waals surface area contributed by atoms with E-state index in [2.05, 4.69) is 5.32 Å². The fourth-order valence-electron chi connectivity index (χ4n) is 3.66. The first-order valence-electron chi connectivity index (χ1n) is 9.71. The Labute approximate surface area is 174 Å². The van der Waals surface area contributed by atoms with Gasteiger partial charge in [-0.05, 0) is 42.3 Å². The van der Waals surface area contributed by atoms with Crippen LogP contribution in [0.4, 0.5) is 10.1 Å². The lowest BCUT2D eigenvalue weighted by Gasteiger charge is -2.30. The van der Waals surface area contributed by atoms with Crippen LogP contribution < -0.4 is 5.32 Å². The quantitative estimate of drug-likeness (QED) is 0.647. The van der Waals surface area contributed by atoms with E-state index in [9.17, 15) is 14.0 Å². The van der Waals surface area contributed by atoms with E-state index in [-0.39, 0.29) is 24.2 Å². The number of hydrogen-bond donors (Lipinski definition) is 1. The smallest absolute Gasteiger partial charge is 0.247 e. The fraction of sp³-hybridized carbons (Fsp3) is 0.120. The first kappa shape index (κ1) is 19.6. The second kappa shape index (κ2) is 8.33. The molecule has 0 saturated heterocycles. The maximum absolute atomic E-state index is 13.6. The largest absolute Gasteiger partial charge is 0.324 e. The van der Waals surface area contributed by atoms with Crippen molar-refractivity contribution in [1.29, 1.82) is 0 Å². The molecule has 0 fully saturated rings. The number of amides is 2. The van der Waals surface area contributed by atoms with E-state index in [1.54, 1.807) is 18.2 Å². The number of rotatable bonds is 3. The molecule has 30 heavy (non-hydrogen) atoms. The van der Waals surface area contributed by atoms with Crippen molar-refractivity contribution in [3.05, 3.63) is 107 Å². The number of carbonyl (C=O) groups is 2. The maximum atomic E-state index is 13.6. The molecule has 0 spiro atoms. The topological polar surface area (TPSA) is 49.4 Å². The Morgan fingerprint density at radius 2 is 1.80 bits per heavy atom. The zero-order chi connectivity index (χ0) is 21.1. The van der Waals surface area contributed by atoms with Gasteiger partial charge in [-0.3, -0.25) is 9.59 Å². The summed E-state index contributed by atoms with van der Waals surface area (Å²) in [6.45, 7) is 1.85. The zero-order valence-electron chi connectivity index (χ0n) is 16.5. The van der Waals surface area contributed by atoms with Crippen LogP contribution in [-0.2, 0) is 9.59 Å². The van der Waals surface area contributed by atoms with Crippen LogP contribution in [-0.4, -0.2) is 23.3 Å². The van der Waals surface area contributed by atoms with Gasteiger partial charge in [-0.15, -0.1) is 0 Å². The molecular formula is C25H21FN2O2. The summed E-state index contributed by atoms with van der Waals surface area (Å²) in [6.07, 6.45) is 3.20. The molecule has 1 atom stereocenters. The minimum absolute atomic E-state index is 0.103. The highest BCUT2D eigenvalue weighted by atomic mass is 19.1. The van der Waals surface area contributed by atoms with E-state index >= 15 is 0 Å². The van der Waals surface area contributed by atoms with Crippen LogP contribution in [0.15, 0.2) is 78.9 Å². The predicted octanol–water partition coefficient (Wildman–Crippen LogP) is 4.72. The Bertz CT molecular complexity index is 1110. The summed E-state index contributed by atoms with van der Waals surface area (Å²) in [5.74, 6) is -0.920. The number of halogens is 1. The van der Waals surface area contributed by atoms with Gasteiger partial charge in [-0.25, -0.2) is 4.39 Å². The molecule has 2 amide bonds. The van der Waals surface area contributed by atoms with Crippen molar-refractivity contribution in [1.82, 2.24) is 4.90 Å². The highest BCUT2D eigenvalue weighted by Crippen LogP contribution is 2.36. The van der Waals surface area contributed by atoms with Gasteiger partial charge in [0.05, 0.1) is 6.04 Å². The lowest BCUT2D eigenvalue weighted by molar-refractivity contribution is -0.131. The molecule has 3 aromatic carbocycles. The second-order valence-corrected chi connectivity index (χ2v) is 7.30. The Morgan fingerprint density at radius 3 is 2.53 bits per heavy atom. The highest BCUT2D eigenvalue weighted by Gasteiger charge is 2.32. The maximum Gasteiger partial charge on any atom is 0.247 e. The highest BCUT2D eigenvalue weighted by molar-refractivity contribution is 6.00. The lowest BCUT2D eigenvalue weighted by Crippen LogP contribution is -2.38. The first-order valence-corrected chi connectivity index (χ1v) is 9.71. The van der Waals surface area contributed by atoms with Gasteiger partial charge in [-0.2, -0.15) is 0 Å². The molecule has 0 aromatic heterocycles. The van der Waals surface area contributed by atoms with Gasteiger partial charge in [-0.1, -0.05) is 60.2 Å². The van der Waals surface area contributed by atoms with E-state index in [0.717, 1.165) is 22.3 Å². The average Bonchev–Trinajstić information content (AvgIpc) is 2.89. The number of benzene rings is 3. The Balaban J connectivity index is 1.79. The number of fused-ring (bicyclic) bond motifs is 1. The van der Waals surface area contributed by atoms with Gasteiger partial charge in [0.2, 0.25) is 11.8 Å². The summed E-state index contributed by atoms with van der Waals surface area (Å²) in [5, 5.41) is 2.89. The monoisotopic (exact) mass is 400 g/mol. The van der Waals surface area contributed by atoms with Crippen molar-refractivity contribution in [3.8, 4) is 0 Å². The molecule has 4 nitrogen and oxygen atoms in total. The van der Waals surface area contributed by atoms with Gasteiger partial charge in [0, 0.05) is 17.3 Å². The average molecular weight is 400 g/mol. The van der Waals surface area contributed by atoms with Gasteiger partial charge in [0.1, 0.15) is 12.4 Å². The normalized spacial score (nSPS) is 16.1. The van der Waals surface area contributed by atoms with E-state index in [4.69, 9.17) is 0 Å². The Kier molecular flexibility index (Phi) is 5.44. The number of aryl methyl sites for hydroxylation is 1. The van der Waals surface area contributed by atoms with Gasteiger partial charge >= 0.3 is 0 Å². The van der Waals surface area contributed by atoms with Crippen LogP contribution >= 0.6 is 0 Å². The molecule has 0 saturated carbocycles. The van der Waals surface area contributed by atoms with E-state index in [0.29, 0.717) is 5.69 Å². The summed E-state index contributed by atoms with van der Waals surface area (Å²) >= 11 is 0. The molecule has 150 valence electrons. The van der Waals surface area contributed by atoms with Crippen LogP contribution in [0.25, 0.3) is 6.08 Å². The molecule has 1 unspecified atom stereocenters. The number of nitrogens with zero attached hydrogens (tertiary/aromatic N) is 1. The van der Waals surface area contributed by atoms with Crippen molar-refractivity contribution in [2.45, 2.75) is 13.0 Å². The summed E-state index contributed by atoms with van der Waals surface area (Å²) in [6, 6.07) is 20.7. The summed E-state index contributed by atoms with van der Waals surface area (Å²) in [7, 11) is 0. The van der Waals surface area contributed by atoms with Crippen LogP contribution in [0, 0.1) is 12.7 Å². The number of anilines is 1. The van der Waals surface area contributed by atoms with E-state index in [1.165, 1.54) is 23.1 Å². The van der Waals surface area contributed by atoms with Crippen LogP contribution in [0.3, 0.4) is 0 Å². The van der Waals surface area contributed by atoms with Crippen molar-refractivity contribution < 1.29 is 14.0 Å². The third-order valence-electron chi connectivity index (χ3n) is 5.09. The van der Waals surface area contributed by atoms with Crippen molar-refractivity contribution in [2.75, 3.05) is 11.9 Å². The van der Waals surface area contributed by atoms with Crippen LogP contribution in [0.1, 0.15) is 28.3 Å². The molecule has 4 rings (SSSR count). The number of carbonyl (C=O) groups excluding carboxylic acids is 2. The minimum Gasteiger partial charge on any atom is -0.324 e. The van der Waals surface area contributed by atoms with Crippen molar-refractivity contribution in [3.63, 3.8) is 0 Å². The lowest BCUT2D eigenvalue weighted by atomic mass is 9.94. The van der Waals surface area contributed by atoms with Crippen molar-refractivity contribution in [2.24, 2.45) is 0 Å². The molecule has 3 aromatic rings. The molecule has 1 aliphatic heterocycles. The fourth-order valence-corrected chi connectivity index (χ4v) is 3.66. The molecule has 1 heterocycles. The molecule has 0 radical (unpaired) electrons. The Morgan fingerprint density at radius 1 is 1.07 bits per heavy atom.